The Hall–Kier alpha value is -2.32. The van der Waals surface area contributed by atoms with E-state index >= 15 is 0 Å². The summed E-state index contributed by atoms with van der Waals surface area (Å²) in [7, 11) is 0. The lowest BCUT2D eigenvalue weighted by atomic mass is 10.0. The molecule has 0 saturated heterocycles. The highest BCUT2D eigenvalue weighted by Crippen LogP contribution is 2.39. The summed E-state index contributed by atoms with van der Waals surface area (Å²) in [6.07, 6.45) is 2.41. The molecule has 112 valence electrons. The van der Waals surface area contributed by atoms with Gasteiger partial charge in [-0.25, -0.2) is 0 Å². The van der Waals surface area contributed by atoms with Gasteiger partial charge in [0.25, 0.3) is 0 Å². The van der Waals surface area contributed by atoms with E-state index in [4.69, 9.17) is 0 Å². The van der Waals surface area contributed by atoms with Crippen molar-refractivity contribution in [1.82, 2.24) is 0 Å². The lowest BCUT2D eigenvalue weighted by Gasteiger charge is -2.31. The SMILES string of the molecule is c1ccc2c(c1)CCCN2c1ccc2sc3ccccc3c2c1. The van der Waals surface area contributed by atoms with Crippen molar-refractivity contribution in [2.75, 3.05) is 11.4 Å². The van der Waals surface area contributed by atoms with Gasteiger partial charge >= 0.3 is 0 Å². The standard InChI is InChI=1S/C21H17NS/c1-3-9-19-15(6-1)7-5-13-22(19)16-11-12-21-18(14-16)17-8-2-4-10-20(17)23-21/h1-4,6,8-12,14H,5,7,13H2. The van der Waals surface area contributed by atoms with Gasteiger partial charge in [-0.15, -0.1) is 11.3 Å². The molecule has 2 heterocycles. The first-order chi connectivity index (χ1) is 11.4. The Labute approximate surface area is 139 Å². The first-order valence-electron chi connectivity index (χ1n) is 8.17. The van der Waals surface area contributed by atoms with Gasteiger partial charge in [0.1, 0.15) is 0 Å². The number of anilines is 2. The zero-order valence-electron chi connectivity index (χ0n) is 12.8. The second-order valence-corrected chi connectivity index (χ2v) is 7.25. The Kier molecular flexibility index (Phi) is 2.92. The van der Waals surface area contributed by atoms with E-state index in [2.05, 4.69) is 71.6 Å². The fourth-order valence-corrected chi connectivity index (χ4v) is 4.77. The van der Waals surface area contributed by atoms with E-state index in [-0.39, 0.29) is 0 Å². The number of hydrogen-bond donors (Lipinski definition) is 0. The minimum atomic E-state index is 1.10. The van der Waals surface area contributed by atoms with Crippen molar-refractivity contribution >= 4 is 42.9 Å². The van der Waals surface area contributed by atoms with Gasteiger partial charge in [-0.1, -0.05) is 36.4 Å². The van der Waals surface area contributed by atoms with Gasteiger partial charge in [0.15, 0.2) is 0 Å². The predicted molar refractivity (Wildman–Crippen MR) is 101 cm³/mol. The van der Waals surface area contributed by atoms with Gasteiger partial charge in [-0.05, 0) is 48.7 Å². The topological polar surface area (TPSA) is 3.24 Å². The number of para-hydroxylation sites is 1. The van der Waals surface area contributed by atoms with Gasteiger partial charge in [0.2, 0.25) is 0 Å². The van der Waals surface area contributed by atoms with Crippen LogP contribution in [0.25, 0.3) is 20.2 Å². The summed E-state index contributed by atoms with van der Waals surface area (Å²) in [5.74, 6) is 0. The Balaban J connectivity index is 1.71. The number of hydrogen-bond acceptors (Lipinski definition) is 2. The van der Waals surface area contributed by atoms with Crippen molar-refractivity contribution in [3.05, 3.63) is 72.3 Å². The van der Waals surface area contributed by atoms with E-state index in [0.717, 1.165) is 6.54 Å². The van der Waals surface area contributed by atoms with Gasteiger partial charge in [0, 0.05) is 38.1 Å². The summed E-state index contributed by atoms with van der Waals surface area (Å²) in [6.45, 7) is 1.10. The first kappa shape index (κ1) is 13.1. The maximum absolute atomic E-state index is 2.48. The van der Waals surface area contributed by atoms with E-state index in [1.807, 2.05) is 11.3 Å². The summed E-state index contributed by atoms with van der Waals surface area (Å²) in [4.78, 5) is 2.48. The molecule has 3 aromatic carbocycles. The van der Waals surface area contributed by atoms with E-state index in [9.17, 15) is 0 Å². The minimum absolute atomic E-state index is 1.10. The number of nitrogens with zero attached hydrogens (tertiary/aromatic N) is 1. The molecule has 0 aliphatic carbocycles. The highest BCUT2D eigenvalue weighted by molar-refractivity contribution is 7.25. The van der Waals surface area contributed by atoms with Crippen LogP contribution in [0.5, 0.6) is 0 Å². The van der Waals surface area contributed by atoms with E-state index < -0.39 is 0 Å². The van der Waals surface area contributed by atoms with Crippen LogP contribution in [0, 0.1) is 0 Å². The first-order valence-corrected chi connectivity index (χ1v) is 8.98. The molecule has 1 nitrogen and oxygen atoms in total. The second-order valence-electron chi connectivity index (χ2n) is 6.16. The molecule has 0 N–H and O–H groups in total. The van der Waals surface area contributed by atoms with Crippen LogP contribution >= 0.6 is 11.3 Å². The monoisotopic (exact) mass is 315 g/mol. The van der Waals surface area contributed by atoms with E-state index in [1.165, 1.54) is 50.0 Å². The summed E-state index contributed by atoms with van der Waals surface area (Å²) in [5.41, 5.74) is 4.15. The van der Waals surface area contributed by atoms with Crippen LogP contribution in [0.15, 0.2) is 66.7 Å². The molecule has 0 fully saturated rings. The second kappa shape index (κ2) is 5.10. The van der Waals surface area contributed by atoms with Gasteiger partial charge in [-0.2, -0.15) is 0 Å². The van der Waals surface area contributed by atoms with Crippen molar-refractivity contribution in [2.24, 2.45) is 0 Å². The Morgan fingerprint density at radius 2 is 1.61 bits per heavy atom. The number of aryl methyl sites for hydroxylation is 1. The Bertz CT molecular complexity index is 1010. The molecule has 0 radical (unpaired) electrons. The van der Waals surface area contributed by atoms with Crippen molar-refractivity contribution < 1.29 is 0 Å². The molecular formula is C21H17NS. The lowest BCUT2D eigenvalue weighted by molar-refractivity contribution is 0.767. The highest BCUT2D eigenvalue weighted by atomic mass is 32.1. The van der Waals surface area contributed by atoms with E-state index in [0.29, 0.717) is 0 Å². The van der Waals surface area contributed by atoms with Crippen molar-refractivity contribution in [3.8, 4) is 0 Å². The van der Waals surface area contributed by atoms with Crippen molar-refractivity contribution in [1.29, 1.82) is 0 Å². The minimum Gasteiger partial charge on any atom is -0.341 e. The molecular weight excluding hydrogens is 298 g/mol. The molecule has 1 aromatic heterocycles. The summed E-state index contributed by atoms with van der Waals surface area (Å²) < 4.78 is 2.75. The maximum atomic E-state index is 2.48. The van der Waals surface area contributed by atoms with Crippen LogP contribution in [-0.4, -0.2) is 6.54 Å². The fourth-order valence-electron chi connectivity index (χ4n) is 3.68. The molecule has 1 aliphatic heterocycles. The molecule has 4 aromatic rings. The zero-order valence-corrected chi connectivity index (χ0v) is 13.6. The Morgan fingerprint density at radius 3 is 2.61 bits per heavy atom. The molecule has 2 heteroatoms. The molecule has 23 heavy (non-hydrogen) atoms. The largest absolute Gasteiger partial charge is 0.341 e. The number of thiophene rings is 1. The normalized spacial score (nSPS) is 14.3. The smallest absolute Gasteiger partial charge is 0.0443 e. The van der Waals surface area contributed by atoms with E-state index in [1.54, 1.807) is 0 Å². The quantitative estimate of drug-likeness (QED) is 0.408. The lowest BCUT2D eigenvalue weighted by Crippen LogP contribution is -2.24. The van der Waals surface area contributed by atoms with Crippen LogP contribution in [0.3, 0.4) is 0 Å². The van der Waals surface area contributed by atoms with Crippen LogP contribution in [-0.2, 0) is 6.42 Å². The summed E-state index contributed by atoms with van der Waals surface area (Å²) in [6, 6.07) is 24.5. The van der Waals surface area contributed by atoms with Crippen LogP contribution in [0.4, 0.5) is 11.4 Å². The molecule has 0 amide bonds. The molecule has 0 saturated carbocycles. The summed E-state index contributed by atoms with van der Waals surface area (Å²) in [5, 5.41) is 2.76. The average molecular weight is 315 g/mol. The van der Waals surface area contributed by atoms with Crippen LogP contribution in [0.2, 0.25) is 0 Å². The predicted octanol–water partition coefficient (Wildman–Crippen LogP) is 6.14. The highest BCUT2D eigenvalue weighted by Gasteiger charge is 2.18. The maximum Gasteiger partial charge on any atom is 0.0443 e. The zero-order chi connectivity index (χ0) is 15.2. The average Bonchev–Trinajstić information content (AvgIpc) is 2.99. The number of rotatable bonds is 1. The molecule has 1 aliphatic rings. The molecule has 5 rings (SSSR count). The third kappa shape index (κ3) is 2.06. The fraction of sp³-hybridized carbons (Fsp3) is 0.143. The third-order valence-electron chi connectivity index (χ3n) is 4.78. The Morgan fingerprint density at radius 1 is 0.783 bits per heavy atom. The molecule has 0 spiro atoms. The van der Waals surface area contributed by atoms with Crippen LogP contribution < -0.4 is 4.90 Å². The van der Waals surface area contributed by atoms with Crippen molar-refractivity contribution in [3.63, 3.8) is 0 Å². The van der Waals surface area contributed by atoms with Gasteiger partial charge in [-0.3, -0.25) is 0 Å². The van der Waals surface area contributed by atoms with Gasteiger partial charge in [0.05, 0.1) is 0 Å². The third-order valence-corrected chi connectivity index (χ3v) is 5.93. The van der Waals surface area contributed by atoms with Crippen LogP contribution in [0.1, 0.15) is 12.0 Å². The summed E-state index contributed by atoms with van der Waals surface area (Å²) >= 11 is 1.88. The number of benzene rings is 3. The molecule has 0 atom stereocenters. The molecule has 0 bridgehead atoms. The van der Waals surface area contributed by atoms with Crippen molar-refractivity contribution in [2.45, 2.75) is 12.8 Å². The number of fused-ring (bicyclic) bond motifs is 4. The molecule has 0 unspecified atom stereocenters. The van der Waals surface area contributed by atoms with Gasteiger partial charge < -0.3 is 4.90 Å².